The van der Waals surface area contributed by atoms with Crippen LogP contribution in [0.15, 0.2) is 138 Å². The topological polar surface area (TPSA) is 19.6 Å². The summed E-state index contributed by atoms with van der Waals surface area (Å²) in [5.41, 5.74) is 27.0. The maximum absolute atomic E-state index is 7.76. The van der Waals surface area contributed by atoms with E-state index in [4.69, 9.17) is 4.42 Å². The number of anilines is 6. The van der Waals surface area contributed by atoms with Crippen molar-refractivity contribution in [2.24, 2.45) is 0 Å². The minimum absolute atomic E-state index is 0.00375. The second-order valence-electron chi connectivity index (χ2n) is 28.6. The first-order valence-electron chi connectivity index (χ1n) is 28.7. The van der Waals surface area contributed by atoms with E-state index in [-0.39, 0.29) is 44.6 Å². The molecule has 386 valence electrons. The number of furan rings is 1. The lowest BCUT2D eigenvalue weighted by atomic mass is 9.35. The summed E-state index contributed by atoms with van der Waals surface area (Å²) in [6.45, 7) is 36.5. The first-order valence-corrected chi connectivity index (χ1v) is 28.7. The molecule has 0 radical (unpaired) electrons. The van der Waals surface area contributed by atoms with Gasteiger partial charge >= 0.3 is 0 Å². The maximum Gasteiger partial charge on any atom is 0.297 e. The highest BCUT2D eigenvalue weighted by Crippen LogP contribution is 2.56. The van der Waals surface area contributed by atoms with Gasteiger partial charge in [0.05, 0.1) is 17.0 Å². The molecular weight excluding hydrogens is 920 g/mol. The second kappa shape index (κ2) is 16.2. The number of benzene rings is 7. The summed E-state index contributed by atoms with van der Waals surface area (Å²) < 4.78 is 7.76. The van der Waals surface area contributed by atoms with Crippen LogP contribution in [0.1, 0.15) is 186 Å². The van der Waals surface area contributed by atoms with E-state index in [0.717, 1.165) is 43.3 Å². The SMILES string of the molecule is Cc1cc2c3c(c1)N(c1ccc4c(c1)C(C)(C)CCC4(C)C)c1c(oc4cc5c(cc14)C(C)(C)CCC5(C)C)B3c1ccc(C(C)(C)c3ccccc3)cc1N2c1cc2c(cc1-c1ccccc1)C(C)(C)CCC2(C)C. The van der Waals surface area contributed by atoms with Gasteiger partial charge in [-0.3, -0.25) is 0 Å². The van der Waals surface area contributed by atoms with E-state index in [1.807, 2.05) is 0 Å². The Kier molecular flexibility index (Phi) is 10.5. The lowest BCUT2D eigenvalue weighted by molar-refractivity contribution is 0.332. The lowest BCUT2D eigenvalue weighted by Gasteiger charge is -2.46. The number of fused-ring (bicyclic) bond motifs is 9. The summed E-state index contributed by atoms with van der Waals surface area (Å²) >= 11 is 0. The smallest absolute Gasteiger partial charge is 0.297 e. The van der Waals surface area contributed by atoms with Crippen LogP contribution in [0.5, 0.6) is 0 Å². The second-order valence-corrected chi connectivity index (χ2v) is 28.6. The van der Waals surface area contributed by atoms with Crippen molar-refractivity contribution in [3.63, 3.8) is 0 Å². The van der Waals surface area contributed by atoms with Crippen LogP contribution in [-0.4, -0.2) is 6.71 Å². The highest BCUT2D eigenvalue weighted by atomic mass is 16.3. The molecule has 4 heteroatoms. The minimum atomic E-state index is -0.272. The number of hydrogen-bond donors (Lipinski definition) is 0. The van der Waals surface area contributed by atoms with Crippen LogP contribution >= 0.6 is 0 Å². The molecule has 1 aromatic heterocycles. The van der Waals surface area contributed by atoms with Gasteiger partial charge in [0.1, 0.15) is 5.58 Å². The van der Waals surface area contributed by atoms with Crippen LogP contribution in [0.25, 0.3) is 22.1 Å². The zero-order valence-corrected chi connectivity index (χ0v) is 48.3. The van der Waals surface area contributed by atoms with Crippen molar-refractivity contribution in [1.82, 2.24) is 0 Å². The summed E-state index contributed by atoms with van der Waals surface area (Å²) in [7, 11) is 0. The molecule has 0 spiro atoms. The van der Waals surface area contributed by atoms with Gasteiger partial charge in [-0.1, -0.05) is 176 Å². The van der Waals surface area contributed by atoms with E-state index < -0.39 is 0 Å². The number of nitrogens with zero attached hydrogens (tertiary/aromatic N) is 2. The monoisotopic (exact) mass is 999 g/mol. The van der Waals surface area contributed by atoms with E-state index in [1.54, 1.807) is 0 Å². The number of hydrogen-bond acceptors (Lipinski definition) is 3. The molecule has 0 N–H and O–H groups in total. The Morgan fingerprint density at radius 2 is 0.961 bits per heavy atom. The van der Waals surface area contributed by atoms with Crippen molar-refractivity contribution in [3.05, 3.63) is 184 Å². The normalized spacial score (nSPS) is 19.8. The number of aryl methyl sites for hydroxylation is 1. The van der Waals surface area contributed by atoms with Crippen LogP contribution in [0, 0.1) is 6.92 Å². The van der Waals surface area contributed by atoms with Gasteiger partial charge in [0, 0.05) is 39.1 Å². The van der Waals surface area contributed by atoms with Crippen LogP contribution in [-0.2, 0) is 37.9 Å². The average Bonchev–Trinajstić information content (AvgIpc) is 3.77. The van der Waals surface area contributed by atoms with Gasteiger partial charge in [0.2, 0.25) is 0 Å². The van der Waals surface area contributed by atoms with Crippen LogP contribution < -0.4 is 26.4 Å². The third-order valence-electron chi connectivity index (χ3n) is 20.4. The summed E-state index contributed by atoms with van der Waals surface area (Å²) in [6.07, 6.45) is 6.93. The van der Waals surface area contributed by atoms with E-state index >= 15 is 0 Å². The molecule has 7 aromatic carbocycles. The van der Waals surface area contributed by atoms with Crippen molar-refractivity contribution < 1.29 is 4.42 Å². The number of rotatable bonds is 5. The molecule has 0 saturated heterocycles. The molecule has 3 aliphatic carbocycles. The molecule has 0 fully saturated rings. The molecule has 0 amide bonds. The molecule has 3 nitrogen and oxygen atoms in total. The van der Waals surface area contributed by atoms with Gasteiger partial charge in [-0.15, -0.1) is 0 Å². The highest BCUT2D eigenvalue weighted by molar-refractivity contribution is 7.00. The Bertz CT molecular complexity index is 3710. The van der Waals surface area contributed by atoms with E-state index in [2.05, 4.69) is 247 Å². The zero-order valence-electron chi connectivity index (χ0n) is 48.3. The molecule has 76 heavy (non-hydrogen) atoms. The molecule has 3 heterocycles. The van der Waals surface area contributed by atoms with Crippen molar-refractivity contribution >= 4 is 68.4 Å². The molecule has 13 rings (SSSR count). The van der Waals surface area contributed by atoms with Gasteiger partial charge in [-0.2, -0.15) is 0 Å². The molecule has 8 aromatic rings. The minimum Gasteiger partial charge on any atom is -0.468 e. The van der Waals surface area contributed by atoms with Gasteiger partial charge in [-0.25, -0.2) is 0 Å². The Morgan fingerprint density at radius 3 is 1.57 bits per heavy atom. The predicted octanol–water partition coefficient (Wildman–Crippen LogP) is 17.9. The molecule has 0 unspecified atom stereocenters. The largest absolute Gasteiger partial charge is 0.468 e. The van der Waals surface area contributed by atoms with Crippen molar-refractivity contribution in [3.8, 4) is 11.1 Å². The fourth-order valence-electron chi connectivity index (χ4n) is 15.0. The Morgan fingerprint density at radius 1 is 0.447 bits per heavy atom. The van der Waals surface area contributed by atoms with Crippen LogP contribution in [0.4, 0.5) is 34.1 Å². The van der Waals surface area contributed by atoms with Crippen molar-refractivity contribution in [2.45, 2.75) is 180 Å². The molecule has 0 atom stereocenters. The molecular formula is C72H79BN2O. The van der Waals surface area contributed by atoms with Gasteiger partial charge in [0.25, 0.3) is 6.71 Å². The lowest BCUT2D eigenvalue weighted by Crippen LogP contribution is -2.61. The third kappa shape index (κ3) is 7.20. The molecule has 2 aliphatic heterocycles. The molecule has 0 saturated carbocycles. The third-order valence-corrected chi connectivity index (χ3v) is 20.4. The summed E-state index contributed by atoms with van der Waals surface area (Å²) in [4.78, 5) is 5.36. The van der Waals surface area contributed by atoms with Crippen molar-refractivity contribution in [1.29, 1.82) is 0 Å². The quantitative estimate of drug-likeness (QED) is 0.160. The fraction of sp³-hybridized carbons (Fsp3) is 0.389. The fourth-order valence-corrected chi connectivity index (χ4v) is 15.0. The van der Waals surface area contributed by atoms with Gasteiger partial charge in [-0.05, 0) is 199 Å². The van der Waals surface area contributed by atoms with E-state index in [1.165, 1.54) is 118 Å². The van der Waals surface area contributed by atoms with Gasteiger partial charge in [0.15, 0.2) is 0 Å². The first-order chi connectivity index (χ1) is 35.8. The first kappa shape index (κ1) is 49.3. The standard InChI is InChI=1S/C72H79BN2O/c1-44-36-60-63-61(37-44)75(58-42-55-53(68(6,7)32-34-70(55,10)11)40-49(58)45-22-18-16-19-23-45)59-38-47(72(14,15)46-24-20-17-21-25-46)26-29-57(59)73(63)65-64(50-41-54-56(43-62(50)76-65)71(12,13)35-33-69(54,8)9)74(60)48-27-28-51-52(39-48)67(4,5)31-30-66(51,2)3/h16-29,36-43H,30-35H2,1-15H3. The van der Waals surface area contributed by atoms with E-state index in [0.29, 0.717) is 0 Å². The van der Waals surface area contributed by atoms with Crippen molar-refractivity contribution in [2.75, 3.05) is 9.80 Å². The summed E-state index contributed by atoms with van der Waals surface area (Å²) in [5, 5.41) is 1.21. The Hall–Kier alpha value is -6.26. The average molecular weight is 999 g/mol. The summed E-state index contributed by atoms with van der Waals surface area (Å²) in [5.74, 6) is 0. The van der Waals surface area contributed by atoms with Crippen LogP contribution in [0.3, 0.4) is 0 Å². The highest BCUT2D eigenvalue weighted by Gasteiger charge is 2.50. The van der Waals surface area contributed by atoms with Crippen LogP contribution in [0.2, 0.25) is 0 Å². The zero-order chi connectivity index (χ0) is 53.4. The molecule has 5 aliphatic rings. The van der Waals surface area contributed by atoms with Gasteiger partial charge < -0.3 is 14.2 Å². The molecule has 0 bridgehead atoms. The Balaban J connectivity index is 1.17. The predicted molar refractivity (Wildman–Crippen MR) is 325 cm³/mol. The Labute approximate surface area is 455 Å². The van der Waals surface area contributed by atoms with E-state index in [9.17, 15) is 0 Å². The summed E-state index contributed by atoms with van der Waals surface area (Å²) in [6, 6.07) is 52.6. The maximum atomic E-state index is 7.76.